The molecule has 0 unspecified atom stereocenters. The van der Waals surface area contributed by atoms with Gasteiger partial charge in [-0.15, -0.1) is 0 Å². The van der Waals surface area contributed by atoms with Crippen molar-refractivity contribution in [3.05, 3.63) is 0 Å². The Balaban J connectivity index is 2.35. The molecule has 1 rings (SSSR count). The van der Waals surface area contributed by atoms with Crippen LogP contribution in [0.3, 0.4) is 0 Å². The molecular weight excluding hydrogens is 168 g/mol. The summed E-state index contributed by atoms with van der Waals surface area (Å²) < 4.78 is 0. The number of amides is 2. The molecule has 0 saturated heterocycles. The summed E-state index contributed by atoms with van der Waals surface area (Å²) in [6.07, 6.45) is 1.97. The lowest BCUT2D eigenvalue weighted by Gasteiger charge is -2.18. The highest BCUT2D eigenvalue weighted by atomic mass is 16.2. The second-order valence-corrected chi connectivity index (χ2v) is 3.76. The Labute approximate surface area is 78.5 Å². The van der Waals surface area contributed by atoms with Crippen LogP contribution < -0.4 is 0 Å². The minimum absolute atomic E-state index is 0.0310. The van der Waals surface area contributed by atoms with E-state index < -0.39 is 0 Å². The second-order valence-electron chi connectivity index (χ2n) is 3.76. The maximum atomic E-state index is 11.4. The number of nitrogens with zero attached hydrogens (tertiary/aromatic N) is 2. The highest BCUT2D eigenvalue weighted by Gasteiger charge is 2.32. The Bertz CT molecular complexity index is 222. The Morgan fingerprint density at radius 1 is 1.23 bits per heavy atom. The van der Waals surface area contributed by atoms with E-state index in [9.17, 15) is 9.59 Å². The molecular formula is C9H16N2O2. The Morgan fingerprint density at radius 2 is 1.77 bits per heavy atom. The van der Waals surface area contributed by atoms with Crippen LogP contribution in [0.2, 0.25) is 0 Å². The van der Waals surface area contributed by atoms with Gasteiger partial charge in [0.25, 0.3) is 0 Å². The maximum Gasteiger partial charge on any atom is 0.241 e. The molecule has 1 fully saturated rings. The third-order valence-corrected chi connectivity index (χ3v) is 2.17. The molecule has 1 aliphatic carbocycles. The smallest absolute Gasteiger partial charge is 0.241 e. The van der Waals surface area contributed by atoms with Gasteiger partial charge in [-0.2, -0.15) is 0 Å². The van der Waals surface area contributed by atoms with Gasteiger partial charge in [-0.25, -0.2) is 0 Å². The molecule has 0 spiro atoms. The number of hydrogen-bond donors (Lipinski definition) is 0. The van der Waals surface area contributed by atoms with Gasteiger partial charge >= 0.3 is 0 Å². The third kappa shape index (κ3) is 2.72. The lowest BCUT2D eigenvalue weighted by atomic mass is 10.3. The van der Waals surface area contributed by atoms with Gasteiger partial charge in [0.15, 0.2) is 0 Å². The van der Waals surface area contributed by atoms with Crippen LogP contribution in [0.5, 0.6) is 0 Å². The highest BCUT2D eigenvalue weighted by Crippen LogP contribution is 2.30. The fraction of sp³-hybridized carbons (Fsp3) is 0.778. The van der Waals surface area contributed by atoms with Crippen molar-refractivity contribution in [1.29, 1.82) is 0 Å². The molecule has 1 aliphatic rings. The van der Waals surface area contributed by atoms with E-state index in [0.29, 0.717) is 0 Å². The monoisotopic (exact) mass is 184 g/mol. The molecule has 0 radical (unpaired) electrons. The molecule has 0 bridgehead atoms. The maximum absolute atomic E-state index is 11.4. The minimum Gasteiger partial charge on any atom is -0.347 e. The standard InChI is InChI=1S/C9H16N2O2/c1-10(2)8(12)6-11(3)9(13)7-4-5-7/h7H,4-6H2,1-3H3. The van der Waals surface area contributed by atoms with E-state index in [0.717, 1.165) is 12.8 Å². The molecule has 0 atom stereocenters. The van der Waals surface area contributed by atoms with Crippen LogP contribution in [-0.2, 0) is 9.59 Å². The van der Waals surface area contributed by atoms with Gasteiger partial charge in [0, 0.05) is 27.1 Å². The van der Waals surface area contributed by atoms with Gasteiger partial charge in [-0.05, 0) is 12.8 Å². The average molecular weight is 184 g/mol. The van der Waals surface area contributed by atoms with Gasteiger partial charge in [0.2, 0.25) is 11.8 Å². The van der Waals surface area contributed by atoms with Crippen LogP contribution in [0.25, 0.3) is 0 Å². The molecule has 0 N–H and O–H groups in total. The van der Waals surface area contributed by atoms with Crippen molar-refractivity contribution in [3.63, 3.8) is 0 Å². The van der Waals surface area contributed by atoms with Crippen molar-refractivity contribution >= 4 is 11.8 Å². The van der Waals surface area contributed by atoms with Gasteiger partial charge in [-0.3, -0.25) is 9.59 Å². The normalized spacial score (nSPS) is 15.3. The van der Waals surface area contributed by atoms with Crippen LogP contribution in [-0.4, -0.2) is 49.3 Å². The topological polar surface area (TPSA) is 40.6 Å². The fourth-order valence-electron chi connectivity index (χ4n) is 1.06. The van der Waals surface area contributed by atoms with E-state index >= 15 is 0 Å². The molecule has 4 heteroatoms. The fourth-order valence-corrected chi connectivity index (χ4v) is 1.06. The first-order chi connectivity index (χ1) is 6.02. The van der Waals surface area contributed by atoms with E-state index in [4.69, 9.17) is 0 Å². The number of carbonyl (C=O) groups is 2. The van der Waals surface area contributed by atoms with Crippen LogP contribution in [0.1, 0.15) is 12.8 Å². The van der Waals surface area contributed by atoms with Crippen molar-refractivity contribution in [3.8, 4) is 0 Å². The molecule has 2 amide bonds. The number of likely N-dealkylation sites (N-methyl/N-ethyl adjacent to an activating group) is 2. The third-order valence-electron chi connectivity index (χ3n) is 2.17. The highest BCUT2D eigenvalue weighted by molar-refractivity contribution is 5.86. The lowest BCUT2D eigenvalue weighted by molar-refractivity contribution is -0.138. The van der Waals surface area contributed by atoms with E-state index in [1.54, 1.807) is 21.1 Å². The Morgan fingerprint density at radius 3 is 2.15 bits per heavy atom. The molecule has 4 nitrogen and oxygen atoms in total. The SMILES string of the molecule is CN(C)C(=O)CN(C)C(=O)C1CC1. The van der Waals surface area contributed by atoms with E-state index in [-0.39, 0.29) is 24.3 Å². The molecule has 0 aromatic heterocycles. The summed E-state index contributed by atoms with van der Waals surface area (Å²) in [7, 11) is 5.07. The largest absolute Gasteiger partial charge is 0.347 e. The summed E-state index contributed by atoms with van der Waals surface area (Å²) in [5.74, 6) is 0.270. The van der Waals surface area contributed by atoms with Gasteiger partial charge in [0.05, 0.1) is 6.54 Å². The first-order valence-electron chi connectivity index (χ1n) is 4.47. The van der Waals surface area contributed by atoms with Crippen molar-refractivity contribution in [2.45, 2.75) is 12.8 Å². The van der Waals surface area contributed by atoms with E-state index in [1.165, 1.54) is 9.80 Å². The summed E-state index contributed by atoms with van der Waals surface area (Å²) in [4.78, 5) is 25.7. The summed E-state index contributed by atoms with van der Waals surface area (Å²) >= 11 is 0. The van der Waals surface area contributed by atoms with Crippen LogP contribution in [0.4, 0.5) is 0 Å². The number of rotatable bonds is 3. The van der Waals surface area contributed by atoms with Crippen molar-refractivity contribution in [2.24, 2.45) is 5.92 Å². The number of carbonyl (C=O) groups excluding carboxylic acids is 2. The Hall–Kier alpha value is -1.06. The molecule has 13 heavy (non-hydrogen) atoms. The van der Waals surface area contributed by atoms with E-state index in [1.807, 2.05) is 0 Å². The van der Waals surface area contributed by atoms with Gasteiger partial charge in [0.1, 0.15) is 0 Å². The summed E-state index contributed by atoms with van der Waals surface area (Å²) in [5, 5.41) is 0. The predicted molar refractivity (Wildman–Crippen MR) is 49.1 cm³/mol. The first-order valence-corrected chi connectivity index (χ1v) is 4.47. The van der Waals surface area contributed by atoms with E-state index in [2.05, 4.69) is 0 Å². The predicted octanol–water partition coefficient (Wildman–Crippen LogP) is -0.0570. The quantitative estimate of drug-likeness (QED) is 0.616. The van der Waals surface area contributed by atoms with Crippen LogP contribution in [0.15, 0.2) is 0 Å². The zero-order valence-electron chi connectivity index (χ0n) is 8.41. The first kappa shape index (κ1) is 10.0. The van der Waals surface area contributed by atoms with Crippen LogP contribution >= 0.6 is 0 Å². The average Bonchev–Trinajstić information content (AvgIpc) is 2.85. The molecule has 0 aromatic rings. The van der Waals surface area contributed by atoms with Crippen molar-refractivity contribution in [1.82, 2.24) is 9.80 Å². The van der Waals surface area contributed by atoms with Crippen LogP contribution in [0, 0.1) is 5.92 Å². The molecule has 0 aliphatic heterocycles. The Kier molecular flexibility index (Phi) is 2.90. The molecule has 0 heterocycles. The molecule has 74 valence electrons. The second kappa shape index (κ2) is 3.77. The summed E-state index contributed by atoms with van der Waals surface area (Å²) in [5.41, 5.74) is 0. The number of hydrogen-bond acceptors (Lipinski definition) is 2. The van der Waals surface area contributed by atoms with Gasteiger partial charge in [-0.1, -0.05) is 0 Å². The summed E-state index contributed by atoms with van der Waals surface area (Å²) in [6, 6.07) is 0. The zero-order valence-corrected chi connectivity index (χ0v) is 8.41. The molecule has 0 aromatic carbocycles. The minimum atomic E-state index is -0.0310. The zero-order chi connectivity index (χ0) is 10.0. The van der Waals surface area contributed by atoms with Crippen molar-refractivity contribution < 1.29 is 9.59 Å². The summed E-state index contributed by atoms with van der Waals surface area (Å²) in [6.45, 7) is 0.197. The van der Waals surface area contributed by atoms with Crippen molar-refractivity contribution in [2.75, 3.05) is 27.7 Å². The van der Waals surface area contributed by atoms with Gasteiger partial charge < -0.3 is 9.80 Å². The molecule has 1 saturated carbocycles. The lowest BCUT2D eigenvalue weighted by Crippen LogP contribution is -2.38.